The van der Waals surface area contributed by atoms with Crippen LogP contribution in [-0.2, 0) is 0 Å². The fourth-order valence-corrected chi connectivity index (χ4v) is 2.22. The topological polar surface area (TPSA) is 30.2 Å². The average Bonchev–Trinajstić information content (AvgIpc) is 2.34. The molecule has 0 radical (unpaired) electrons. The first-order valence-electron chi connectivity index (χ1n) is 5.29. The van der Waals surface area contributed by atoms with Crippen LogP contribution in [0, 0.1) is 6.92 Å². The Morgan fingerprint density at radius 1 is 1.12 bits per heavy atom. The second kappa shape index (κ2) is 3.60. The van der Waals surface area contributed by atoms with Crippen LogP contribution in [0.1, 0.15) is 5.56 Å². The van der Waals surface area contributed by atoms with E-state index in [4.69, 9.17) is 16.0 Å². The normalized spacial score (nSPS) is 11.2. The van der Waals surface area contributed by atoms with Crippen molar-refractivity contribution in [2.24, 2.45) is 0 Å². The van der Waals surface area contributed by atoms with E-state index in [1.54, 1.807) is 18.2 Å². The first-order chi connectivity index (χ1) is 8.18. The van der Waals surface area contributed by atoms with E-state index in [0.717, 1.165) is 5.56 Å². The smallest absolute Gasteiger partial charge is 0.200 e. The van der Waals surface area contributed by atoms with Gasteiger partial charge in [-0.25, -0.2) is 0 Å². The fourth-order valence-electron chi connectivity index (χ4n) is 2.03. The van der Waals surface area contributed by atoms with Crippen molar-refractivity contribution in [3.63, 3.8) is 0 Å². The molecule has 3 heteroatoms. The van der Waals surface area contributed by atoms with Gasteiger partial charge in [0.15, 0.2) is 5.58 Å². The minimum Gasteiger partial charge on any atom is -0.454 e. The summed E-state index contributed by atoms with van der Waals surface area (Å²) < 4.78 is 5.71. The summed E-state index contributed by atoms with van der Waals surface area (Å²) in [5.41, 5.74) is 1.89. The Hall–Kier alpha value is -1.80. The first-order valence-corrected chi connectivity index (χ1v) is 5.67. The second-order valence-corrected chi connectivity index (χ2v) is 4.40. The van der Waals surface area contributed by atoms with Gasteiger partial charge < -0.3 is 4.42 Å². The van der Waals surface area contributed by atoms with Crippen LogP contribution in [-0.4, -0.2) is 0 Å². The summed E-state index contributed by atoms with van der Waals surface area (Å²) in [6.07, 6.45) is 0. The third kappa shape index (κ3) is 1.45. The summed E-state index contributed by atoms with van der Waals surface area (Å²) in [6, 6.07) is 10.8. The summed E-state index contributed by atoms with van der Waals surface area (Å²) in [7, 11) is 0. The highest BCUT2D eigenvalue weighted by Gasteiger charge is 2.11. The van der Waals surface area contributed by atoms with Crippen molar-refractivity contribution >= 4 is 33.5 Å². The summed E-state index contributed by atoms with van der Waals surface area (Å²) >= 11 is 6.07. The molecule has 0 fully saturated rings. The molecule has 0 amide bonds. The van der Waals surface area contributed by atoms with Crippen molar-refractivity contribution in [2.45, 2.75) is 6.92 Å². The van der Waals surface area contributed by atoms with E-state index in [0.29, 0.717) is 27.0 Å². The minimum atomic E-state index is -0.0261. The molecule has 0 spiro atoms. The number of aryl methyl sites for hydroxylation is 1. The maximum absolute atomic E-state index is 12.3. The lowest BCUT2D eigenvalue weighted by Crippen LogP contribution is -2.03. The Kier molecular flexibility index (Phi) is 2.20. The molecule has 0 saturated heterocycles. The standard InChI is InChI=1S/C14H9ClO2/c1-8-6-7-10(15)14-12(8)13(16)9-4-2-3-5-11(9)17-14/h2-7H,1H3. The van der Waals surface area contributed by atoms with Crippen molar-refractivity contribution in [3.05, 3.63) is 57.2 Å². The van der Waals surface area contributed by atoms with E-state index >= 15 is 0 Å². The quantitative estimate of drug-likeness (QED) is 0.561. The third-order valence-corrected chi connectivity index (χ3v) is 3.19. The molecular formula is C14H9ClO2. The molecule has 0 atom stereocenters. The Morgan fingerprint density at radius 3 is 2.71 bits per heavy atom. The molecule has 0 aliphatic heterocycles. The summed E-state index contributed by atoms with van der Waals surface area (Å²) in [5, 5.41) is 1.62. The molecule has 3 aromatic rings. The highest BCUT2D eigenvalue weighted by Crippen LogP contribution is 2.27. The summed E-state index contributed by atoms with van der Waals surface area (Å²) in [6.45, 7) is 1.88. The Morgan fingerprint density at radius 2 is 1.88 bits per heavy atom. The van der Waals surface area contributed by atoms with Crippen LogP contribution in [0.3, 0.4) is 0 Å². The molecule has 1 aromatic heterocycles. The number of halogens is 1. The lowest BCUT2D eigenvalue weighted by molar-refractivity contribution is 0.660. The van der Waals surface area contributed by atoms with E-state index in [1.165, 1.54) is 0 Å². The van der Waals surface area contributed by atoms with Gasteiger partial charge in [-0.05, 0) is 30.7 Å². The van der Waals surface area contributed by atoms with Crippen LogP contribution in [0.25, 0.3) is 21.9 Å². The van der Waals surface area contributed by atoms with Gasteiger partial charge in [-0.2, -0.15) is 0 Å². The molecule has 3 rings (SSSR count). The van der Waals surface area contributed by atoms with Crippen molar-refractivity contribution in [1.29, 1.82) is 0 Å². The number of para-hydroxylation sites is 1. The first kappa shape index (κ1) is 10.4. The van der Waals surface area contributed by atoms with Crippen molar-refractivity contribution in [1.82, 2.24) is 0 Å². The van der Waals surface area contributed by atoms with Gasteiger partial charge in [-0.1, -0.05) is 29.8 Å². The Bertz CT molecular complexity index is 787. The van der Waals surface area contributed by atoms with Gasteiger partial charge in [0.25, 0.3) is 0 Å². The van der Waals surface area contributed by atoms with Crippen LogP contribution >= 0.6 is 11.6 Å². The lowest BCUT2D eigenvalue weighted by atomic mass is 10.1. The van der Waals surface area contributed by atoms with Crippen molar-refractivity contribution in [2.75, 3.05) is 0 Å². The van der Waals surface area contributed by atoms with Gasteiger partial charge in [-0.15, -0.1) is 0 Å². The van der Waals surface area contributed by atoms with Gasteiger partial charge in [0.05, 0.1) is 15.8 Å². The molecule has 0 N–H and O–H groups in total. The maximum atomic E-state index is 12.3. The number of hydrogen-bond acceptors (Lipinski definition) is 2. The number of fused-ring (bicyclic) bond motifs is 2. The fraction of sp³-hybridized carbons (Fsp3) is 0.0714. The van der Waals surface area contributed by atoms with Crippen LogP contribution in [0.5, 0.6) is 0 Å². The molecule has 0 bridgehead atoms. The van der Waals surface area contributed by atoms with E-state index in [2.05, 4.69) is 0 Å². The van der Waals surface area contributed by atoms with E-state index in [9.17, 15) is 4.79 Å². The summed E-state index contributed by atoms with van der Waals surface area (Å²) in [4.78, 5) is 12.3. The van der Waals surface area contributed by atoms with Crippen LogP contribution in [0.2, 0.25) is 5.02 Å². The highest BCUT2D eigenvalue weighted by molar-refractivity contribution is 6.35. The zero-order valence-electron chi connectivity index (χ0n) is 9.16. The van der Waals surface area contributed by atoms with Gasteiger partial charge in [0, 0.05) is 0 Å². The summed E-state index contributed by atoms with van der Waals surface area (Å²) in [5.74, 6) is 0. The maximum Gasteiger partial charge on any atom is 0.200 e. The van der Waals surface area contributed by atoms with Gasteiger partial charge in [-0.3, -0.25) is 4.79 Å². The zero-order valence-corrected chi connectivity index (χ0v) is 9.91. The molecule has 0 unspecified atom stereocenters. The molecular weight excluding hydrogens is 236 g/mol. The van der Waals surface area contributed by atoms with Crippen molar-refractivity contribution < 1.29 is 4.42 Å². The average molecular weight is 245 g/mol. The zero-order chi connectivity index (χ0) is 12.0. The van der Waals surface area contributed by atoms with E-state index in [1.807, 2.05) is 25.1 Å². The monoisotopic (exact) mass is 244 g/mol. The Balaban J connectivity index is 2.69. The Labute approximate surface area is 102 Å². The third-order valence-electron chi connectivity index (χ3n) is 2.89. The molecule has 1 heterocycles. The SMILES string of the molecule is Cc1ccc(Cl)c2oc3ccccc3c(=O)c12. The van der Waals surface area contributed by atoms with E-state index < -0.39 is 0 Å². The predicted molar refractivity (Wildman–Crippen MR) is 69.7 cm³/mol. The van der Waals surface area contributed by atoms with E-state index in [-0.39, 0.29) is 5.43 Å². The number of rotatable bonds is 0. The van der Waals surface area contributed by atoms with Crippen LogP contribution in [0.15, 0.2) is 45.6 Å². The van der Waals surface area contributed by atoms with Crippen LogP contribution in [0.4, 0.5) is 0 Å². The van der Waals surface area contributed by atoms with Gasteiger partial charge >= 0.3 is 0 Å². The largest absolute Gasteiger partial charge is 0.454 e. The minimum absolute atomic E-state index is 0.0261. The molecule has 2 aromatic carbocycles. The number of hydrogen-bond donors (Lipinski definition) is 0. The van der Waals surface area contributed by atoms with Gasteiger partial charge in [0.1, 0.15) is 5.58 Å². The van der Waals surface area contributed by atoms with Crippen LogP contribution < -0.4 is 5.43 Å². The molecule has 17 heavy (non-hydrogen) atoms. The lowest BCUT2D eigenvalue weighted by Gasteiger charge is -2.04. The number of benzene rings is 2. The highest BCUT2D eigenvalue weighted by atomic mass is 35.5. The predicted octanol–water partition coefficient (Wildman–Crippen LogP) is 3.91. The van der Waals surface area contributed by atoms with Gasteiger partial charge in [0.2, 0.25) is 5.43 Å². The molecule has 0 aliphatic rings. The molecule has 0 aliphatic carbocycles. The molecule has 84 valence electrons. The second-order valence-electron chi connectivity index (χ2n) is 4.00. The molecule has 0 saturated carbocycles. The molecule has 2 nitrogen and oxygen atoms in total. The van der Waals surface area contributed by atoms with Crippen molar-refractivity contribution in [3.8, 4) is 0 Å².